The standard InChI is InChI=1S/C29H33N5O2S/c1-33(2)25(23-14-8-5-9-15-23)20-30-27(35)21-37-29-32-31-28(24-16-10-11-17-26(24)36-3)34(29)19-18-22-12-6-4-7-13-22/h4-17,25H,18-21H2,1-3H3,(H,30,35)/t25-/m0/s1. The van der Waals surface area contributed by atoms with Crippen molar-refractivity contribution in [2.75, 3.05) is 33.5 Å². The number of likely N-dealkylation sites (N-methyl/N-ethyl adjacent to an activating group) is 1. The fourth-order valence-corrected chi connectivity index (χ4v) is 4.97. The van der Waals surface area contributed by atoms with Crippen LogP contribution >= 0.6 is 11.8 Å². The van der Waals surface area contributed by atoms with Gasteiger partial charge in [-0.1, -0.05) is 84.6 Å². The van der Waals surface area contributed by atoms with Gasteiger partial charge >= 0.3 is 0 Å². The molecule has 0 aliphatic carbocycles. The first-order valence-corrected chi connectivity index (χ1v) is 13.3. The molecule has 0 saturated heterocycles. The summed E-state index contributed by atoms with van der Waals surface area (Å²) in [5.41, 5.74) is 3.27. The van der Waals surface area contributed by atoms with Crippen LogP contribution in [0.15, 0.2) is 90.1 Å². The number of amides is 1. The maximum absolute atomic E-state index is 12.8. The minimum absolute atomic E-state index is 0.0377. The van der Waals surface area contributed by atoms with Gasteiger partial charge < -0.3 is 19.5 Å². The van der Waals surface area contributed by atoms with Crippen LogP contribution in [-0.4, -0.2) is 59.1 Å². The van der Waals surface area contributed by atoms with Gasteiger partial charge in [0, 0.05) is 13.1 Å². The van der Waals surface area contributed by atoms with E-state index < -0.39 is 0 Å². The van der Waals surface area contributed by atoms with Crippen LogP contribution < -0.4 is 10.1 Å². The maximum Gasteiger partial charge on any atom is 0.230 e. The van der Waals surface area contributed by atoms with Crippen LogP contribution in [0, 0.1) is 0 Å². The third-order valence-electron chi connectivity index (χ3n) is 6.16. The van der Waals surface area contributed by atoms with E-state index in [1.54, 1.807) is 7.11 Å². The molecule has 0 bridgehead atoms. The highest BCUT2D eigenvalue weighted by molar-refractivity contribution is 7.99. The van der Waals surface area contributed by atoms with Crippen molar-refractivity contribution in [3.63, 3.8) is 0 Å². The zero-order valence-electron chi connectivity index (χ0n) is 21.5. The lowest BCUT2D eigenvalue weighted by atomic mass is 10.1. The number of ether oxygens (including phenoxy) is 1. The normalized spacial score (nSPS) is 11.9. The summed E-state index contributed by atoms with van der Waals surface area (Å²) in [7, 11) is 5.69. The molecule has 0 radical (unpaired) electrons. The zero-order chi connectivity index (χ0) is 26.0. The van der Waals surface area contributed by atoms with Crippen molar-refractivity contribution in [3.8, 4) is 17.1 Å². The number of hydrogen-bond acceptors (Lipinski definition) is 6. The molecule has 4 aromatic rings. The SMILES string of the molecule is COc1ccccc1-c1nnc(SCC(=O)NC[C@@H](c2ccccc2)N(C)C)n1CCc1ccccc1. The van der Waals surface area contributed by atoms with E-state index >= 15 is 0 Å². The first-order valence-electron chi connectivity index (χ1n) is 12.3. The number of carbonyl (C=O) groups is 1. The summed E-state index contributed by atoms with van der Waals surface area (Å²) < 4.78 is 7.66. The lowest BCUT2D eigenvalue weighted by Crippen LogP contribution is -2.35. The summed E-state index contributed by atoms with van der Waals surface area (Å²) in [5, 5.41) is 12.7. The molecule has 7 nitrogen and oxygen atoms in total. The Balaban J connectivity index is 1.47. The van der Waals surface area contributed by atoms with Crippen molar-refractivity contribution >= 4 is 17.7 Å². The number of para-hydroxylation sites is 1. The number of thioether (sulfide) groups is 1. The Bertz CT molecular complexity index is 1280. The van der Waals surface area contributed by atoms with Crippen LogP contribution in [0.4, 0.5) is 0 Å². The van der Waals surface area contributed by atoms with E-state index in [2.05, 4.69) is 49.2 Å². The predicted octanol–water partition coefficient (Wildman–Crippen LogP) is 4.71. The largest absolute Gasteiger partial charge is 0.496 e. The van der Waals surface area contributed by atoms with Crippen LogP contribution in [0.5, 0.6) is 5.75 Å². The summed E-state index contributed by atoms with van der Waals surface area (Å²) >= 11 is 1.40. The van der Waals surface area contributed by atoms with Crippen LogP contribution in [0.3, 0.4) is 0 Å². The molecule has 0 unspecified atom stereocenters. The number of nitrogens with one attached hydrogen (secondary N) is 1. The van der Waals surface area contributed by atoms with Crippen LogP contribution in [0.2, 0.25) is 0 Å². The molecule has 1 heterocycles. The van der Waals surface area contributed by atoms with Crippen LogP contribution in [-0.2, 0) is 17.8 Å². The van der Waals surface area contributed by atoms with Gasteiger partial charge in [0.2, 0.25) is 5.91 Å². The third-order valence-corrected chi connectivity index (χ3v) is 7.13. The molecule has 4 rings (SSSR count). The maximum atomic E-state index is 12.8. The van der Waals surface area contributed by atoms with Crippen molar-refractivity contribution in [3.05, 3.63) is 96.1 Å². The highest BCUT2D eigenvalue weighted by Gasteiger charge is 2.19. The molecule has 0 fully saturated rings. The summed E-state index contributed by atoms with van der Waals surface area (Å²) in [6.45, 7) is 1.22. The summed E-state index contributed by atoms with van der Waals surface area (Å²) in [4.78, 5) is 14.9. The Labute approximate surface area is 222 Å². The van der Waals surface area contributed by atoms with Crippen molar-refractivity contribution in [1.82, 2.24) is 25.0 Å². The van der Waals surface area contributed by atoms with E-state index in [0.717, 1.165) is 23.6 Å². The van der Waals surface area contributed by atoms with Gasteiger partial charge in [-0.15, -0.1) is 10.2 Å². The molecule has 0 saturated carbocycles. The van der Waals surface area contributed by atoms with E-state index in [0.29, 0.717) is 18.2 Å². The number of rotatable bonds is 12. The molecule has 8 heteroatoms. The van der Waals surface area contributed by atoms with Crippen molar-refractivity contribution < 1.29 is 9.53 Å². The highest BCUT2D eigenvalue weighted by Crippen LogP contribution is 2.31. The second-order valence-corrected chi connectivity index (χ2v) is 9.82. The Morgan fingerprint density at radius 1 is 0.973 bits per heavy atom. The van der Waals surface area contributed by atoms with Crippen LogP contribution in [0.1, 0.15) is 17.2 Å². The monoisotopic (exact) mass is 515 g/mol. The minimum Gasteiger partial charge on any atom is -0.496 e. The van der Waals surface area contributed by atoms with Gasteiger partial charge in [-0.2, -0.15) is 0 Å². The number of methoxy groups -OCH3 is 1. The second-order valence-electron chi connectivity index (χ2n) is 8.88. The number of aryl methyl sites for hydroxylation is 1. The molecule has 1 aromatic heterocycles. The highest BCUT2D eigenvalue weighted by atomic mass is 32.2. The van der Waals surface area contributed by atoms with Crippen LogP contribution in [0.25, 0.3) is 11.4 Å². The van der Waals surface area contributed by atoms with Gasteiger partial charge in [0.15, 0.2) is 11.0 Å². The molecule has 1 atom stereocenters. The molecule has 1 amide bonds. The van der Waals surface area contributed by atoms with Gasteiger partial charge in [-0.05, 0) is 43.8 Å². The number of hydrogen-bond donors (Lipinski definition) is 1. The summed E-state index contributed by atoms with van der Waals surface area (Å²) in [6.07, 6.45) is 0.822. The van der Waals surface area contributed by atoms with Crippen molar-refractivity contribution in [1.29, 1.82) is 0 Å². The number of benzene rings is 3. The minimum atomic E-state index is -0.0377. The average Bonchev–Trinajstić information content (AvgIpc) is 3.34. The fraction of sp³-hybridized carbons (Fsp3) is 0.276. The molecule has 37 heavy (non-hydrogen) atoms. The van der Waals surface area contributed by atoms with Gasteiger partial charge in [0.25, 0.3) is 0 Å². The molecule has 1 N–H and O–H groups in total. The molecule has 0 spiro atoms. The van der Waals surface area contributed by atoms with E-state index in [1.165, 1.54) is 22.9 Å². The molecule has 0 aliphatic rings. The number of carbonyl (C=O) groups excluding carboxylic acids is 1. The number of nitrogens with zero attached hydrogens (tertiary/aromatic N) is 4. The van der Waals surface area contributed by atoms with Gasteiger partial charge in [0.05, 0.1) is 24.5 Å². The molecule has 192 valence electrons. The first kappa shape index (κ1) is 26.4. The first-order chi connectivity index (χ1) is 18.1. The summed E-state index contributed by atoms with van der Waals surface area (Å²) in [5.74, 6) is 1.68. The second kappa shape index (κ2) is 13.1. The Hall–Kier alpha value is -3.62. The van der Waals surface area contributed by atoms with E-state index in [9.17, 15) is 4.79 Å². The summed E-state index contributed by atoms with van der Waals surface area (Å²) in [6, 6.07) is 28.4. The Morgan fingerprint density at radius 2 is 1.65 bits per heavy atom. The molecular formula is C29H33N5O2S. The zero-order valence-corrected chi connectivity index (χ0v) is 22.3. The Kier molecular flexibility index (Phi) is 9.35. The molecular weight excluding hydrogens is 482 g/mol. The van der Waals surface area contributed by atoms with E-state index in [1.807, 2.05) is 74.8 Å². The predicted molar refractivity (Wildman–Crippen MR) is 149 cm³/mol. The Morgan fingerprint density at radius 3 is 2.35 bits per heavy atom. The number of aromatic nitrogens is 3. The van der Waals surface area contributed by atoms with E-state index in [4.69, 9.17) is 4.74 Å². The lowest BCUT2D eigenvalue weighted by Gasteiger charge is -2.25. The molecule has 3 aromatic carbocycles. The smallest absolute Gasteiger partial charge is 0.230 e. The lowest BCUT2D eigenvalue weighted by molar-refractivity contribution is -0.118. The van der Waals surface area contributed by atoms with E-state index in [-0.39, 0.29) is 17.7 Å². The van der Waals surface area contributed by atoms with Crippen molar-refractivity contribution in [2.45, 2.75) is 24.2 Å². The third kappa shape index (κ3) is 6.99. The fourth-order valence-electron chi connectivity index (χ4n) is 4.18. The van der Waals surface area contributed by atoms with Crippen molar-refractivity contribution in [2.24, 2.45) is 0 Å². The van der Waals surface area contributed by atoms with Gasteiger partial charge in [-0.25, -0.2) is 0 Å². The quantitative estimate of drug-likeness (QED) is 0.276. The average molecular weight is 516 g/mol. The topological polar surface area (TPSA) is 72.3 Å². The van der Waals surface area contributed by atoms with Gasteiger partial charge in [0.1, 0.15) is 5.75 Å². The molecule has 0 aliphatic heterocycles. The van der Waals surface area contributed by atoms with Gasteiger partial charge in [-0.3, -0.25) is 4.79 Å².